The van der Waals surface area contributed by atoms with E-state index in [2.05, 4.69) is 35.9 Å². The van der Waals surface area contributed by atoms with Gasteiger partial charge in [0.1, 0.15) is 0 Å². The summed E-state index contributed by atoms with van der Waals surface area (Å²) < 4.78 is 0. The Morgan fingerprint density at radius 1 is 1.50 bits per heavy atom. The Bertz CT molecular complexity index is 582. The maximum Gasteiger partial charge on any atom is 0.0511 e. The first-order chi connectivity index (χ1) is 9.61. The summed E-state index contributed by atoms with van der Waals surface area (Å²) in [6.07, 6.45) is 7.55. The summed E-state index contributed by atoms with van der Waals surface area (Å²) in [5.41, 5.74) is 4.71. The summed E-state index contributed by atoms with van der Waals surface area (Å²) in [5, 5.41) is 11.4. The molecule has 0 aliphatic carbocycles. The molecule has 0 amide bonds. The van der Waals surface area contributed by atoms with Gasteiger partial charge in [-0.05, 0) is 42.7 Å². The number of aliphatic imine (C=N–C) groups is 1. The molecule has 0 aromatic heterocycles. The van der Waals surface area contributed by atoms with E-state index in [4.69, 9.17) is 5.41 Å². The van der Waals surface area contributed by atoms with Crippen LogP contribution in [0.15, 0.2) is 42.0 Å². The van der Waals surface area contributed by atoms with Gasteiger partial charge in [-0.15, -0.1) is 0 Å². The zero-order valence-corrected chi connectivity index (χ0v) is 12.1. The zero-order valence-electron chi connectivity index (χ0n) is 12.1. The van der Waals surface area contributed by atoms with Crippen LogP contribution in [0.1, 0.15) is 37.8 Å². The number of nitrogens with one attached hydrogen (secondary N) is 2. The van der Waals surface area contributed by atoms with Gasteiger partial charge in [0.25, 0.3) is 0 Å². The van der Waals surface area contributed by atoms with E-state index in [0.717, 1.165) is 35.2 Å². The summed E-state index contributed by atoms with van der Waals surface area (Å²) in [6.45, 7) is 7.98. The largest absolute Gasteiger partial charge is 0.378 e. The van der Waals surface area contributed by atoms with Gasteiger partial charge in [0.2, 0.25) is 0 Å². The molecule has 0 radical (unpaired) electrons. The van der Waals surface area contributed by atoms with Crippen molar-refractivity contribution in [3.05, 3.63) is 48.2 Å². The number of rotatable bonds is 5. The van der Waals surface area contributed by atoms with Crippen molar-refractivity contribution in [2.75, 3.05) is 5.32 Å². The molecule has 0 spiro atoms. The highest BCUT2D eigenvalue weighted by atomic mass is 14.9. The third-order valence-electron chi connectivity index (χ3n) is 3.47. The molecule has 20 heavy (non-hydrogen) atoms. The van der Waals surface area contributed by atoms with Gasteiger partial charge in [-0.2, -0.15) is 0 Å². The fraction of sp³-hybridized carbons (Fsp3) is 0.294. The topological polar surface area (TPSA) is 48.2 Å². The third kappa shape index (κ3) is 3.23. The Hall–Kier alpha value is -2.16. The molecule has 1 aromatic rings. The van der Waals surface area contributed by atoms with Crippen LogP contribution in [0.25, 0.3) is 5.57 Å². The standard InChI is InChI=1S/C17H21N3/c1-4-12(2)14-5-6-17(16(11-14)13(3)18)20-15-7-9-19-10-8-15/h5-7,9-11,15,18,20H,2,4,8H2,1,3H3. The third-order valence-corrected chi connectivity index (χ3v) is 3.47. The Morgan fingerprint density at radius 2 is 2.30 bits per heavy atom. The number of hydrogen-bond donors (Lipinski definition) is 2. The SMILES string of the molecule is C=C(CC)c1ccc(NC2C=CN=CC2)c(C(C)=N)c1. The highest BCUT2D eigenvalue weighted by Gasteiger charge is 2.11. The molecule has 1 unspecified atom stereocenters. The van der Waals surface area contributed by atoms with Crippen LogP contribution >= 0.6 is 0 Å². The Kier molecular flexibility index (Phi) is 4.51. The van der Waals surface area contributed by atoms with E-state index >= 15 is 0 Å². The molecule has 1 aromatic carbocycles. The molecule has 3 heteroatoms. The lowest BCUT2D eigenvalue weighted by Crippen LogP contribution is -2.20. The van der Waals surface area contributed by atoms with E-state index in [1.807, 2.05) is 31.5 Å². The van der Waals surface area contributed by atoms with E-state index in [1.165, 1.54) is 0 Å². The minimum atomic E-state index is 0.242. The first kappa shape index (κ1) is 14.3. The van der Waals surface area contributed by atoms with Crippen molar-refractivity contribution in [3.8, 4) is 0 Å². The number of benzene rings is 1. The van der Waals surface area contributed by atoms with Crippen molar-refractivity contribution in [1.29, 1.82) is 5.41 Å². The lowest BCUT2D eigenvalue weighted by Gasteiger charge is -2.19. The molecule has 0 fully saturated rings. The number of nitrogens with zero attached hydrogens (tertiary/aromatic N) is 1. The van der Waals surface area contributed by atoms with Gasteiger partial charge in [-0.1, -0.05) is 19.6 Å². The van der Waals surface area contributed by atoms with Gasteiger partial charge < -0.3 is 10.7 Å². The molecule has 1 heterocycles. The quantitative estimate of drug-likeness (QED) is 0.769. The molecule has 0 bridgehead atoms. The van der Waals surface area contributed by atoms with Gasteiger partial charge in [-0.25, -0.2) is 0 Å². The highest BCUT2D eigenvalue weighted by molar-refractivity contribution is 6.02. The molecular weight excluding hydrogens is 246 g/mol. The second-order valence-electron chi connectivity index (χ2n) is 5.00. The number of hydrogen-bond acceptors (Lipinski definition) is 3. The molecular formula is C17H21N3. The summed E-state index contributed by atoms with van der Waals surface area (Å²) in [7, 11) is 0. The Morgan fingerprint density at radius 3 is 2.90 bits per heavy atom. The maximum atomic E-state index is 7.97. The average Bonchev–Trinajstić information content (AvgIpc) is 2.47. The molecule has 0 saturated heterocycles. The summed E-state index contributed by atoms with van der Waals surface area (Å²) in [5.74, 6) is 0. The van der Waals surface area contributed by atoms with Crippen LogP contribution in [0.3, 0.4) is 0 Å². The van der Waals surface area contributed by atoms with Crippen molar-refractivity contribution < 1.29 is 0 Å². The van der Waals surface area contributed by atoms with Crippen LogP contribution < -0.4 is 5.32 Å². The second-order valence-corrected chi connectivity index (χ2v) is 5.00. The second kappa shape index (κ2) is 6.33. The Balaban J connectivity index is 2.28. The minimum absolute atomic E-state index is 0.242. The van der Waals surface area contributed by atoms with Crippen molar-refractivity contribution in [1.82, 2.24) is 0 Å². The van der Waals surface area contributed by atoms with E-state index in [9.17, 15) is 0 Å². The van der Waals surface area contributed by atoms with Crippen LogP contribution in [0.2, 0.25) is 0 Å². The van der Waals surface area contributed by atoms with Crippen LogP contribution in [0.4, 0.5) is 5.69 Å². The monoisotopic (exact) mass is 267 g/mol. The number of anilines is 1. The minimum Gasteiger partial charge on any atom is -0.378 e. The Labute approximate surface area is 120 Å². The molecule has 1 aliphatic rings. The summed E-state index contributed by atoms with van der Waals surface area (Å²) in [6, 6.07) is 6.41. The molecule has 1 aliphatic heterocycles. The van der Waals surface area contributed by atoms with Crippen molar-refractivity contribution in [2.45, 2.75) is 32.7 Å². The van der Waals surface area contributed by atoms with Crippen LogP contribution in [-0.4, -0.2) is 18.0 Å². The van der Waals surface area contributed by atoms with E-state index in [0.29, 0.717) is 5.71 Å². The first-order valence-corrected chi connectivity index (χ1v) is 6.94. The molecule has 2 rings (SSSR count). The van der Waals surface area contributed by atoms with Gasteiger partial charge in [0.15, 0.2) is 0 Å². The fourth-order valence-electron chi connectivity index (χ4n) is 2.18. The number of allylic oxidation sites excluding steroid dienone is 1. The van der Waals surface area contributed by atoms with Crippen molar-refractivity contribution in [2.24, 2.45) is 4.99 Å². The first-order valence-electron chi connectivity index (χ1n) is 6.94. The van der Waals surface area contributed by atoms with Crippen molar-refractivity contribution in [3.63, 3.8) is 0 Å². The lowest BCUT2D eigenvalue weighted by atomic mass is 9.98. The molecule has 2 N–H and O–H groups in total. The van der Waals surface area contributed by atoms with E-state index in [1.54, 1.807) is 0 Å². The lowest BCUT2D eigenvalue weighted by molar-refractivity contribution is 0.916. The van der Waals surface area contributed by atoms with Gasteiger partial charge in [-0.3, -0.25) is 4.99 Å². The molecule has 104 valence electrons. The molecule has 3 nitrogen and oxygen atoms in total. The van der Waals surface area contributed by atoms with Crippen LogP contribution in [-0.2, 0) is 0 Å². The summed E-state index contributed by atoms with van der Waals surface area (Å²) in [4.78, 5) is 4.08. The predicted molar refractivity (Wildman–Crippen MR) is 87.9 cm³/mol. The predicted octanol–water partition coefficient (Wildman–Crippen LogP) is 4.27. The maximum absolute atomic E-state index is 7.97. The van der Waals surface area contributed by atoms with Crippen LogP contribution in [0.5, 0.6) is 0 Å². The average molecular weight is 267 g/mol. The molecule has 0 saturated carbocycles. The normalized spacial score (nSPS) is 17.0. The van der Waals surface area contributed by atoms with Crippen LogP contribution in [0, 0.1) is 5.41 Å². The molecule has 1 atom stereocenters. The zero-order chi connectivity index (χ0) is 14.5. The van der Waals surface area contributed by atoms with Crippen molar-refractivity contribution >= 4 is 23.2 Å². The van der Waals surface area contributed by atoms with Gasteiger partial charge in [0, 0.05) is 35.8 Å². The smallest absolute Gasteiger partial charge is 0.0511 e. The van der Waals surface area contributed by atoms with E-state index < -0.39 is 0 Å². The summed E-state index contributed by atoms with van der Waals surface area (Å²) >= 11 is 0. The highest BCUT2D eigenvalue weighted by Crippen LogP contribution is 2.24. The van der Waals surface area contributed by atoms with Gasteiger partial charge in [0.05, 0.1) is 6.04 Å². The fourth-order valence-corrected chi connectivity index (χ4v) is 2.18. The van der Waals surface area contributed by atoms with Gasteiger partial charge >= 0.3 is 0 Å². The van der Waals surface area contributed by atoms with E-state index in [-0.39, 0.29) is 6.04 Å².